The Morgan fingerprint density at radius 3 is 0.875 bits per heavy atom. The zero-order valence-corrected chi connectivity index (χ0v) is 11.9. The monoisotopic (exact) mass is 330 g/mol. The van der Waals surface area contributed by atoms with E-state index in [2.05, 4.69) is 0 Å². The summed E-state index contributed by atoms with van der Waals surface area (Å²) in [7, 11) is 0. The van der Waals surface area contributed by atoms with Crippen molar-refractivity contribution in [2.75, 3.05) is 0 Å². The van der Waals surface area contributed by atoms with Gasteiger partial charge < -0.3 is 20.4 Å². The van der Waals surface area contributed by atoms with E-state index in [0.717, 1.165) is 24.3 Å². The van der Waals surface area contributed by atoms with E-state index in [9.17, 15) is 39.6 Å². The second-order valence-electron chi connectivity index (χ2n) is 4.68. The molecule has 2 aromatic rings. The highest BCUT2D eigenvalue weighted by atomic mass is 16.4. The average molecular weight is 330 g/mol. The number of benzene rings is 2. The molecule has 0 saturated carbocycles. The fraction of sp³-hybridized carbons (Fsp3) is 0. The Balaban J connectivity index is 3.06. The summed E-state index contributed by atoms with van der Waals surface area (Å²) >= 11 is 0. The van der Waals surface area contributed by atoms with E-state index in [-0.39, 0.29) is 0 Å². The molecule has 0 atom stereocenters. The van der Waals surface area contributed by atoms with E-state index in [1.54, 1.807) is 0 Å². The van der Waals surface area contributed by atoms with Crippen LogP contribution < -0.4 is 0 Å². The van der Waals surface area contributed by atoms with Crippen LogP contribution in [0.3, 0.4) is 0 Å². The van der Waals surface area contributed by atoms with Crippen molar-refractivity contribution >= 4 is 23.9 Å². The summed E-state index contributed by atoms with van der Waals surface area (Å²) in [6, 6.07) is 6.67. The predicted octanol–water partition coefficient (Wildman–Crippen LogP) is 2.15. The molecule has 2 aromatic carbocycles. The van der Waals surface area contributed by atoms with E-state index in [1.165, 1.54) is 12.1 Å². The van der Waals surface area contributed by atoms with Gasteiger partial charge in [0, 0.05) is 11.1 Å². The van der Waals surface area contributed by atoms with E-state index < -0.39 is 57.3 Å². The molecule has 122 valence electrons. The van der Waals surface area contributed by atoms with Crippen LogP contribution >= 0.6 is 0 Å². The molecule has 0 aliphatic heterocycles. The molecule has 0 radical (unpaired) electrons. The number of hydrogen-bond donors (Lipinski definition) is 4. The molecular weight excluding hydrogens is 320 g/mol. The molecule has 4 N–H and O–H groups in total. The highest BCUT2D eigenvalue weighted by molar-refractivity contribution is 6.12. The minimum atomic E-state index is -1.51. The molecule has 0 aliphatic carbocycles. The van der Waals surface area contributed by atoms with Gasteiger partial charge in [0.1, 0.15) is 0 Å². The molecule has 2 rings (SSSR count). The van der Waals surface area contributed by atoms with Crippen molar-refractivity contribution in [3.8, 4) is 11.1 Å². The van der Waals surface area contributed by atoms with Crippen LogP contribution in [0.4, 0.5) is 0 Å². The Morgan fingerprint density at radius 2 is 0.708 bits per heavy atom. The normalized spacial score (nSPS) is 10.2. The summed E-state index contributed by atoms with van der Waals surface area (Å²) in [5.41, 5.74) is -2.96. The first-order valence-electron chi connectivity index (χ1n) is 6.45. The van der Waals surface area contributed by atoms with Crippen LogP contribution in [-0.2, 0) is 0 Å². The average Bonchev–Trinajstić information content (AvgIpc) is 2.52. The van der Waals surface area contributed by atoms with Gasteiger partial charge in [-0.2, -0.15) is 0 Å². The Bertz CT molecular complexity index is 744. The van der Waals surface area contributed by atoms with Gasteiger partial charge in [0.25, 0.3) is 0 Å². The van der Waals surface area contributed by atoms with E-state index in [1.807, 2.05) is 0 Å². The number of rotatable bonds is 5. The smallest absolute Gasteiger partial charge is 0.336 e. The summed E-state index contributed by atoms with van der Waals surface area (Å²) in [6.45, 7) is 0. The van der Waals surface area contributed by atoms with Crippen molar-refractivity contribution in [1.82, 2.24) is 0 Å². The molecule has 0 heterocycles. The van der Waals surface area contributed by atoms with Gasteiger partial charge in [-0.3, -0.25) is 0 Å². The Morgan fingerprint density at radius 1 is 0.500 bits per heavy atom. The standard InChI is InChI=1S/C16H10O8/c17-13(18)7-3-1-4-8(14(19)20)11(7)12-9(15(21)22)5-2-6-10(12)16(23)24/h1-6H,(H,17,18)(H,19,20)(H,21,22)(H,23,24). The van der Waals surface area contributed by atoms with Gasteiger partial charge in [-0.25, -0.2) is 19.2 Å². The lowest BCUT2D eigenvalue weighted by Crippen LogP contribution is -2.13. The first kappa shape index (κ1) is 16.7. The van der Waals surface area contributed by atoms with Gasteiger partial charge in [-0.05, 0) is 24.3 Å². The van der Waals surface area contributed by atoms with Gasteiger partial charge in [0.15, 0.2) is 0 Å². The Labute approximate surface area is 134 Å². The summed E-state index contributed by atoms with van der Waals surface area (Å²) < 4.78 is 0. The number of aromatic carboxylic acids is 4. The summed E-state index contributed by atoms with van der Waals surface area (Å²) in [4.78, 5) is 45.8. The lowest BCUT2D eigenvalue weighted by molar-refractivity contribution is 0.0673. The fourth-order valence-corrected chi connectivity index (χ4v) is 2.36. The zero-order chi connectivity index (χ0) is 18.0. The number of carboxylic acid groups (broad SMARTS) is 4. The van der Waals surface area contributed by atoms with E-state index in [4.69, 9.17) is 0 Å². The molecule has 8 nitrogen and oxygen atoms in total. The topological polar surface area (TPSA) is 149 Å². The van der Waals surface area contributed by atoms with Crippen LogP contribution in [-0.4, -0.2) is 44.3 Å². The Hall–Kier alpha value is -3.68. The van der Waals surface area contributed by atoms with Gasteiger partial charge in [-0.1, -0.05) is 12.1 Å². The molecule has 0 bridgehead atoms. The predicted molar refractivity (Wildman–Crippen MR) is 79.7 cm³/mol. The van der Waals surface area contributed by atoms with Gasteiger partial charge in [0.05, 0.1) is 22.3 Å². The van der Waals surface area contributed by atoms with Crippen molar-refractivity contribution in [1.29, 1.82) is 0 Å². The molecular formula is C16H10O8. The van der Waals surface area contributed by atoms with Gasteiger partial charge in [0.2, 0.25) is 0 Å². The minimum Gasteiger partial charge on any atom is -0.478 e. The quantitative estimate of drug-likeness (QED) is 0.651. The first-order chi connectivity index (χ1) is 11.3. The first-order valence-corrected chi connectivity index (χ1v) is 6.45. The minimum absolute atomic E-state index is 0.465. The highest BCUT2D eigenvalue weighted by Gasteiger charge is 2.27. The largest absolute Gasteiger partial charge is 0.478 e. The molecule has 0 aromatic heterocycles. The van der Waals surface area contributed by atoms with Crippen LogP contribution in [0.1, 0.15) is 41.4 Å². The molecule has 0 fully saturated rings. The van der Waals surface area contributed by atoms with Crippen molar-refractivity contribution in [3.63, 3.8) is 0 Å². The molecule has 0 spiro atoms. The van der Waals surface area contributed by atoms with Gasteiger partial charge in [-0.15, -0.1) is 0 Å². The summed E-state index contributed by atoms with van der Waals surface area (Å²) in [6.07, 6.45) is 0. The SMILES string of the molecule is O=C(O)c1cccc(C(=O)O)c1-c1c(C(=O)O)cccc1C(=O)O. The lowest BCUT2D eigenvalue weighted by atomic mass is 9.87. The van der Waals surface area contributed by atoms with Crippen LogP contribution in [0, 0.1) is 0 Å². The zero-order valence-electron chi connectivity index (χ0n) is 11.9. The third-order valence-electron chi connectivity index (χ3n) is 3.30. The van der Waals surface area contributed by atoms with Crippen molar-refractivity contribution < 1.29 is 39.6 Å². The summed E-state index contributed by atoms with van der Waals surface area (Å²) in [5, 5.41) is 37.2. The second kappa shape index (κ2) is 6.21. The van der Waals surface area contributed by atoms with Crippen LogP contribution in [0.2, 0.25) is 0 Å². The third kappa shape index (κ3) is 2.80. The van der Waals surface area contributed by atoms with Gasteiger partial charge >= 0.3 is 23.9 Å². The maximum absolute atomic E-state index is 11.4. The summed E-state index contributed by atoms with van der Waals surface area (Å²) in [5.74, 6) is -6.04. The van der Waals surface area contributed by atoms with E-state index >= 15 is 0 Å². The van der Waals surface area contributed by atoms with Crippen LogP contribution in [0.5, 0.6) is 0 Å². The maximum Gasteiger partial charge on any atom is 0.336 e. The highest BCUT2D eigenvalue weighted by Crippen LogP contribution is 2.34. The van der Waals surface area contributed by atoms with Crippen molar-refractivity contribution in [3.05, 3.63) is 58.7 Å². The molecule has 0 aliphatic rings. The molecule has 8 heteroatoms. The van der Waals surface area contributed by atoms with E-state index in [0.29, 0.717) is 0 Å². The lowest BCUT2D eigenvalue weighted by Gasteiger charge is -2.15. The maximum atomic E-state index is 11.4. The second-order valence-corrected chi connectivity index (χ2v) is 4.68. The number of carbonyl (C=O) groups is 4. The fourth-order valence-electron chi connectivity index (χ4n) is 2.36. The number of carboxylic acids is 4. The Kier molecular flexibility index (Phi) is 4.32. The molecule has 0 saturated heterocycles. The molecule has 0 amide bonds. The molecule has 24 heavy (non-hydrogen) atoms. The third-order valence-corrected chi connectivity index (χ3v) is 3.30. The van der Waals surface area contributed by atoms with Crippen molar-refractivity contribution in [2.45, 2.75) is 0 Å². The van der Waals surface area contributed by atoms with Crippen LogP contribution in [0.25, 0.3) is 11.1 Å². The number of hydrogen-bond acceptors (Lipinski definition) is 4. The van der Waals surface area contributed by atoms with Crippen molar-refractivity contribution in [2.24, 2.45) is 0 Å². The molecule has 0 unspecified atom stereocenters. The van der Waals surface area contributed by atoms with Crippen LogP contribution in [0.15, 0.2) is 36.4 Å².